The van der Waals surface area contributed by atoms with Crippen molar-refractivity contribution in [2.75, 3.05) is 13.1 Å². The average molecular weight is 481 g/mol. The molecule has 3 atom stereocenters. The van der Waals surface area contributed by atoms with Gasteiger partial charge in [-0.2, -0.15) is 4.98 Å². The molecule has 1 aromatic rings. The van der Waals surface area contributed by atoms with Crippen molar-refractivity contribution in [2.45, 2.75) is 70.5 Å². The van der Waals surface area contributed by atoms with Crippen molar-refractivity contribution in [1.29, 1.82) is 5.41 Å². The Labute approximate surface area is 196 Å². The lowest BCUT2D eigenvalue weighted by atomic mass is 10.1. The topological polar surface area (TPSA) is 217 Å². The number of carbonyl (C=O) groups is 4. The van der Waals surface area contributed by atoms with Crippen LogP contribution in [-0.4, -0.2) is 68.9 Å². The van der Waals surface area contributed by atoms with Crippen LogP contribution >= 0.6 is 0 Å². The molecule has 0 radical (unpaired) electrons. The first kappa shape index (κ1) is 26.5. The molecule has 1 aliphatic rings. The first-order valence-corrected chi connectivity index (χ1v) is 11.1. The largest absolute Gasteiger partial charge is 0.481 e. The highest BCUT2D eigenvalue weighted by Gasteiger charge is 2.34. The van der Waals surface area contributed by atoms with Crippen molar-refractivity contribution in [3.8, 4) is 0 Å². The van der Waals surface area contributed by atoms with E-state index in [-0.39, 0.29) is 42.2 Å². The zero-order chi connectivity index (χ0) is 25.3. The maximum absolute atomic E-state index is 12.9. The Morgan fingerprint density at radius 2 is 1.97 bits per heavy atom. The summed E-state index contributed by atoms with van der Waals surface area (Å²) in [7, 11) is 0. The van der Waals surface area contributed by atoms with Crippen LogP contribution in [-0.2, 0) is 14.4 Å². The standard InChI is InChI=1S/C20H32N8O6/c1-11(29)15-6-4-10-28(15)20(33)25-14(5-3-9-23-19(21)22)18-26-17(27-34-18)13(24-12(2)30)7-8-16(31)32/h13-15H,3-10H2,1-2H3,(H,24,30)(H,25,33)(H,31,32)(H4,21,22,23)/t13-,14?,15?/m0/s1. The summed E-state index contributed by atoms with van der Waals surface area (Å²) in [6.45, 7) is 3.56. The first-order chi connectivity index (χ1) is 16.1. The number of urea groups is 1. The highest BCUT2D eigenvalue weighted by atomic mass is 16.5. The second kappa shape index (κ2) is 12.5. The minimum atomic E-state index is -1.03. The van der Waals surface area contributed by atoms with Gasteiger partial charge < -0.3 is 36.2 Å². The summed E-state index contributed by atoms with van der Waals surface area (Å²) in [5, 5.41) is 28.2. The molecule has 0 aromatic carbocycles. The monoisotopic (exact) mass is 480 g/mol. The van der Waals surface area contributed by atoms with Crippen LogP contribution in [0.5, 0.6) is 0 Å². The number of likely N-dealkylation sites (tertiary alicyclic amines) is 1. The number of nitrogens with one attached hydrogen (secondary N) is 4. The van der Waals surface area contributed by atoms with Crippen LogP contribution in [0.4, 0.5) is 4.79 Å². The Bertz CT molecular complexity index is 903. The van der Waals surface area contributed by atoms with Gasteiger partial charge in [0.2, 0.25) is 11.8 Å². The molecule has 0 bridgehead atoms. The molecule has 0 spiro atoms. The Balaban J connectivity index is 2.19. The fourth-order valence-electron chi connectivity index (χ4n) is 3.76. The highest BCUT2D eigenvalue weighted by molar-refractivity contribution is 5.87. The molecule has 7 N–H and O–H groups in total. The molecule has 1 saturated heterocycles. The number of carboxylic acid groups (broad SMARTS) is 1. The molecule has 1 aliphatic heterocycles. The summed E-state index contributed by atoms with van der Waals surface area (Å²) in [4.78, 5) is 53.1. The number of guanidine groups is 1. The zero-order valence-electron chi connectivity index (χ0n) is 19.3. The summed E-state index contributed by atoms with van der Waals surface area (Å²) in [5.74, 6) is -1.52. The molecule has 14 nitrogen and oxygen atoms in total. The molecule has 3 amide bonds. The van der Waals surface area contributed by atoms with Crippen LogP contribution in [0.3, 0.4) is 0 Å². The summed E-state index contributed by atoms with van der Waals surface area (Å²) in [6, 6.07) is -2.42. The maximum Gasteiger partial charge on any atom is 0.318 e. The SMILES string of the molecule is CC(=O)N[C@@H](CCC(=O)O)c1noc(C(CCCNC(=N)N)NC(=O)N2CCCC2C(C)=O)n1. The predicted octanol–water partition coefficient (Wildman–Crippen LogP) is 0.179. The summed E-state index contributed by atoms with van der Waals surface area (Å²) >= 11 is 0. The van der Waals surface area contributed by atoms with Gasteiger partial charge in [-0.3, -0.25) is 19.8 Å². The van der Waals surface area contributed by atoms with Crippen molar-refractivity contribution < 1.29 is 28.8 Å². The van der Waals surface area contributed by atoms with Gasteiger partial charge in [0.15, 0.2) is 17.6 Å². The lowest BCUT2D eigenvalue weighted by Crippen LogP contribution is -2.46. The lowest BCUT2D eigenvalue weighted by molar-refractivity contribution is -0.137. The second-order valence-corrected chi connectivity index (χ2v) is 8.12. The zero-order valence-corrected chi connectivity index (χ0v) is 19.3. The number of rotatable bonds is 12. The van der Waals surface area contributed by atoms with Crippen molar-refractivity contribution in [3.05, 3.63) is 11.7 Å². The van der Waals surface area contributed by atoms with Gasteiger partial charge >= 0.3 is 12.0 Å². The van der Waals surface area contributed by atoms with E-state index in [4.69, 9.17) is 20.8 Å². The van der Waals surface area contributed by atoms with E-state index < -0.39 is 30.1 Å². The van der Waals surface area contributed by atoms with Crippen LogP contribution in [0, 0.1) is 5.41 Å². The van der Waals surface area contributed by atoms with Gasteiger partial charge in [0.05, 0.1) is 12.1 Å². The van der Waals surface area contributed by atoms with Crippen molar-refractivity contribution in [3.63, 3.8) is 0 Å². The number of carbonyl (C=O) groups excluding carboxylic acids is 3. The molecule has 0 saturated carbocycles. The number of nitrogens with zero attached hydrogens (tertiary/aromatic N) is 3. The number of aliphatic carboxylic acids is 1. The van der Waals surface area contributed by atoms with Crippen LogP contribution in [0.2, 0.25) is 0 Å². The Hall–Kier alpha value is -3.71. The van der Waals surface area contributed by atoms with Gasteiger partial charge in [-0.25, -0.2) is 4.79 Å². The van der Waals surface area contributed by atoms with E-state index in [0.29, 0.717) is 32.4 Å². The molecule has 2 rings (SSSR count). The molecule has 14 heteroatoms. The number of Topliss-reactive ketones (excluding diaryl/α,β-unsaturated/α-hetero) is 1. The summed E-state index contributed by atoms with van der Waals surface area (Å²) in [6.07, 6.45) is 2.01. The first-order valence-electron chi connectivity index (χ1n) is 11.1. The van der Waals surface area contributed by atoms with Crippen LogP contribution < -0.4 is 21.7 Å². The molecule has 2 heterocycles. The van der Waals surface area contributed by atoms with Crippen LogP contribution in [0.1, 0.15) is 76.2 Å². The molecule has 1 aromatic heterocycles. The number of ketones is 1. The summed E-state index contributed by atoms with van der Waals surface area (Å²) < 4.78 is 5.36. The Kier molecular flexibility index (Phi) is 9.76. The minimum absolute atomic E-state index is 0.0571. The number of amides is 3. The van der Waals surface area contributed by atoms with E-state index in [0.717, 1.165) is 6.42 Å². The lowest BCUT2D eigenvalue weighted by Gasteiger charge is -2.25. The van der Waals surface area contributed by atoms with Crippen molar-refractivity contribution in [1.82, 2.24) is 31.0 Å². The minimum Gasteiger partial charge on any atom is -0.481 e. The molecular formula is C20H32N8O6. The molecule has 1 fully saturated rings. The van der Waals surface area contributed by atoms with Gasteiger partial charge in [0.1, 0.15) is 6.04 Å². The third-order valence-electron chi connectivity index (χ3n) is 5.36. The highest BCUT2D eigenvalue weighted by Crippen LogP contribution is 2.23. The molecule has 0 aliphatic carbocycles. The number of hydrogen-bond donors (Lipinski definition) is 6. The fraction of sp³-hybridized carbons (Fsp3) is 0.650. The van der Waals surface area contributed by atoms with E-state index in [1.807, 2.05) is 0 Å². The van der Waals surface area contributed by atoms with E-state index >= 15 is 0 Å². The van der Waals surface area contributed by atoms with Crippen LogP contribution in [0.25, 0.3) is 0 Å². The molecule has 34 heavy (non-hydrogen) atoms. The summed E-state index contributed by atoms with van der Waals surface area (Å²) in [5.41, 5.74) is 5.30. The van der Waals surface area contributed by atoms with Gasteiger partial charge in [-0.1, -0.05) is 5.16 Å². The number of aromatic nitrogens is 2. The number of carboxylic acids is 1. The third kappa shape index (κ3) is 8.01. The van der Waals surface area contributed by atoms with E-state index in [1.165, 1.54) is 18.7 Å². The van der Waals surface area contributed by atoms with E-state index in [1.54, 1.807) is 0 Å². The van der Waals surface area contributed by atoms with Gasteiger partial charge in [-0.05, 0) is 39.0 Å². The van der Waals surface area contributed by atoms with Crippen LogP contribution in [0.15, 0.2) is 4.52 Å². The van der Waals surface area contributed by atoms with Gasteiger partial charge in [0.25, 0.3) is 0 Å². The molecule has 188 valence electrons. The normalized spacial score (nSPS) is 17.0. The van der Waals surface area contributed by atoms with E-state index in [9.17, 15) is 19.2 Å². The van der Waals surface area contributed by atoms with Crippen molar-refractivity contribution in [2.24, 2.45) is 5.73 Å². The Morgan fingerprint density at radius 3 is 2.59 bits per heavy atom. The van der Waals surface area contributed by atoms with Gasteiger partial charge in [0, 0.05) is 26.4 Å². The number of hydrogen-bond acceptors (Lipinski definition) is 8. The van der Waals surface area contributed by atoms with Gasteiger partial charge in [-0.15, -0.1) is 0 Å². The van der Waals surface area contributed by atoms with E-state index in [2.05, 4.69) is 26.1 Å². The average Bonchev–Trinajstić information content (AvgIpc) is 3.42. The number of nitrogens with two attached hydrogens (primary N) is 1. The predicted molar refractivity (Wildman–Crippen MR) is 119 cm³/mol. The van der Waals surface area contributed by atoms with Crippen molar-refractivity contribution >= 4 is 29.7 Å². The maximum atomic E-state index is 12.9. The molecule has 2 unspecified atom stereocenters. The Morgan fingerprint density at radius 1 is 1.24 bits per heavy atom. The fourth-order valence-corrected chi connectivity index (χ4v) is 3.76. The quantitative estimate of drug-likeness (QED) is 0.135. The second-order valence-electron chi connectivity index (χ2n) is 8.12. The third-order valence-corrected chi connectivity index (χ3v) is 5.36. The smallest absolute Gasteiger partial charge is 0.318 e. The molecular weight excluding hydrogens is 448 g/mol.